The summed E-state index contributed by atoms with van der Waals surface area (Å²) in [4.78, 5) is 31.0. The summed E-state index contributed by atoms with van der Waals surface area (Å²) < 4.78 is 0. The van der Waals surface area contributed by atoms with Crippen molar-refractivity contribution in [1.82, 2.24) is 24.8 Å². The van der Waals surface area contributed by atoms with E-state index in [-0.39, 0.29) is 5.91 Å². The maximum atomic E-state index is 12.6. The number of H-pyrrole nitrogens is 1. The summed E-state index contributed by atoms with van der Waals surface area (Å²) in [5.74, 6) is 0.117. The van der Waals surface area contributed by atoms with Crippen molar-refractivity contribution in [1.29, 1.82) is 0 Å². The first-order chi connectivity index (χ1) is 14.0. The van der Waals surface area contributed by atoms with Gasteiger partial charge in [-0.1, -0.05) is 0 Å². The zero-order chi connectivity index (χ0) is 20.0. The van der Waals surface area contributed by atoms with Gasteiger partial charge in [-0.05, 0) is 25.5 Å². The lowest BCUT2D eigenvalue weighted by Crippen LogP contribution is -2.50. The summed E-state index contributed by atoms with van der Waals surface area (Å²) in [7, 11) is 0. The molecule has 3 aromatic heterocycles. The molecule has 8 nitrogen and oxygen atoms in total. The third-order valence-electron chi connectivity index (χ3n) is 6.15. The van der Waals surface area contributed by atoms with Gasteiger partial charge in [-0.2, -0.15) is 0 Å². The fourth-order valence-electron chi connectivity index (χ4n) is 4.50. The molecule has 0 aliphatic carbocycles. The number of nitrogens with one attached hydrogen (secondary N) is 1. The summed E-state index contributed by atoms with van der Waals surface area (Å²) in [6, 6.07) is 4.13. The van der Waals surface area contributed by atoms with Crippen LogP contribution in [0.1, 0.15) is 13.3 Å². The Balaban J connectivity index is 1.29. The van der Waals surface area contributed by atoms with E-state index in [4.69, 9.17) is 0 Å². The zero-order valence-corrected chi connectivity index (χ0v) is 16.6. The second kappa shape index (κ2) is 6.96. The first-order valence-electron chi connectivity index (χ1n) is 10.2. The molecule has 1 amide bonds. The van der Waals surface area contributed by atoms with Crippen molar-refractivity contribution in [3.63, 3.8) is 0 Å². The molecule has 5 rings (SSSR count). The SMILES string of the molecule is CC1(O)CCN(C(=O)CN2CCN(c3cc[nH]c4cnc5nccc5c34)CC2)C1. The minimum Gasteiger partial charge on any atom is -0.388 e. The summed E-state index contributed by atoms with van der Waals surface area (Å²) in [6.07, 6.45) is 6.25. The van der Waals surface area contributed by atoms with Crippen molar-refractivity contribution >= 4 is 33.5 Å². The van der Waals surface area contributed by atoms with Crippen LogP contribution >= 0.6 is 0 Å². The molecule has 0 bridgehead atoms. The van der Waals surface area contributed by atoms with E-state index in [2.05, 4.69) is 30.8 Å². The number of aromatic amines is 1. The predicted molar refractivity (Wildman–Crippen MR) is 112 cm³/mol. The van der Waals surface area contributed by atoms with Crippen LogP contribution in [-0.4, -0.2) is 87.2 Å². The van der Waals surface area contributed by atoms with Crippen LogP contribution in [-0.2, 0) is 4.79 Å². The molecule has 0 saturated carbocycles. The maximum absolute atomic E-state index is 12.6. The summed E-state index contributed by atoms with van der Waals surface area (Å²) >= 11 is 0. The van der Waals surface area contributed by atoms with Crippen LogP contribution in [0.4, 0.5) is 5.69 Å². The number of hydrogen-bond donors (Lipinski definition) is 2. The molecular formula is C21H26N6O2. The Hall–Kier alpha value is -2.71. The van der Waals surface area contributed by atoms with E-state index >= 15 is 0 Å². The number of piperazine rings is 1. The van der Waals surface area contributed by atoms with E-state index in [0.717, 1.165) is 48.1 Å². The molecule has 29 heavy (non-hydrogen) atoms. The van der Waals surface area contributed by atoms with Crippen molar-refractivity contribution in [2.45, 2.75) is 18.9 Å². The van der Waals surface area contributed by atoms with Gasteiger partial charge < -0.3 is 19.9 Å². The number of likely N-dealkylation sites (tertiary alicyclic amines) is 1. The molecule has 3 aromatic rings. The molecule has 2 fully saturated rings. The number of carbonyl (C=O) groups excluding carboxylic acids is 1. The molecule has 8 heteroatoms. The fraction of sp³-hybridized carbons (Fsp3) is 0.476. The third-order valence-corrected chi connectivity index (χ3v) is 6.15. The van der Waals surface area contributed by atoms with Gasteiger partial charge in [0, 0.05) is 68.1 Å². The number of aliphatic hydroxyl groups is 1. The number of nitrogens with zero attached hydrogens (tertiary/aromatic N) is 5. The number of amides is 1. The summed E-state index contributed by atoms with van der Waals surface area (Å²) in [5.41, 5.74) is 2.21. The quantitative estimate of drug-likeness (QED) is 0.694. The van der Waals surface area contributed by atoms with Gasteiger partial charge in [-0.3, -0.25) is 9.69 Å². The Labute approximate surface area is 169 Å². The lowest BCUT2D eigenvalue weighted by atomic mass is 10.1. The van der Waals surface area contributed by atoms with Crippen molar-refractivity contribution in [3.05, 3.63) is 30.7 Å². The van der Waals surface area contributed by atoms with E-state index in [0.29, 0.717) is 26.1 Å². The van der Waals surface area contributed by atoms with Gasteiger partial charge in [0.25, 0.3) is 0 Å². The number of hydrogen-bond acceptors (Lipinski definition) is 6. The van der Waals surface area contributed by atoms with Crippen LogP contribution in [0, 0.1) is 0 Å². The first kappa shape index (κ1) is 18.3. The lowest BCUT2D eigenvalue weighted by molar-refractivity contribution is -0.132. The summed E-state index contributed by atoms with van der Waals surface area (Å²) in [6.45, 7) is 6.72. The van der Waals surface area contributed by atoms with Crippen LogP contribution in [0.15, 0.2) is 30.7 Å². The van der Waals surface area contributed by atoms with Gasteiger partial charge in [-0.25, -0.2) is 9.97 Å². The monoisotopic (exact) mass is 394 g/mol. The molecule has 1 unspecified atom stereocenters. The Morgan fingerprint density at radius 2 is 2.03 bits per heavy atom. The standard InChI is InChI=1S/C21H26N6O2/c1-21(29)4-7-27(14-21)18(28)13-25-8-10-26(11-9-25)17-3-6-22-16-12-24-20-15(19(16)17)2-5-23-20/h2-3,5-6,12,22,29H,4,7-11,13-14H2,1H3. The average molecular weight is 394 g/mol. The normalized spacial score (nSPS) is 23.4. The van der Waals surface area contributed by atoms with E-state index < -0.39 is 5.60 Å². The largest absolute Gasteiger partial charge is 0.388 e. The van der Waals surface area contributed by atoms with E-state index in [1.54, 1.807) is 18.0 Å². The Bertz CT molecular complexity index is 1050. The zero-order valence-electron chi connectivity index (χ0n) is 16.6. The third kappa shape index (κ3) is 3.42. The Kier molecular flexibility index (Phi) is 4.40. The number of β-amino-alcohol motifs (C(OH)–C–C–N with tert-alkyl or cyclic N) is 1. The molecule has 2 N–H and O–H groups in total. The first-order valence-corrected chi connectivity index (χ1v) is 10.2. The van der Waals surface area contributed by atoms with E-state index in [1.165, 1.54) is 5.69 Å². The predicted octanol–water partition coefficient (Wildman–Crippen LogP) is 1.22. The molecule has 2 aliphatic rings. The van der Waals surface area contributed by atoms with E-state index in [9.17, 15) is 9.90 Å². The lowest BCUT2D eigenvalue weighted by Gasteiger charge is -2.36. The van der Waals surface area contributed by atoms with Crippen LogP contribution in [0.25, 0.3) is 21.9 Å². The number of aromatic nitrogens is 3. The second-order valence-corrected chi connectivity index (χ2v) is 8.42. The molecule has 2 aliphatic heterocycles. The molecule has 1 atom stereocenters. The molecular weight excluding hydrogens is 368 g/mol. The number of pyridine rings is 2. The highest BCUT2D eigenvalue weighted by Gasteiger charge is 2.34. The molecule has 5 heterocycles. The van der Waals surface area contributed by atoms with Crippen LogP contribution < -0.4 is 4.90 Å². The van der Waals surface area contributed by atoms with Crippen LogP contribution in [0.2, 0.25) is 0 Å². The topological polar surface area (TPSA) is 88.6 Å². The smallest absolute Gasteiger partial charge is 0.236 e. The maximum Gasteiger partial charge on any atom is 0.236 e. The van der Waals surface area contributed by atoms with Crippen molar-refractivity contribution in [3.8, 4) is 0 Å². The van der Waals surface area contributed by atoms with Gasteiger partial charge in [0.1, 0.15) is 0 Å². The number of rotatable bonds is 3. The molecule has 2 saturated heterocycles. The van der Waals surface area contributed by atoms with Gasteiger partial charge in [0.15, 0.2) is 5.65 Å². The minimum absolute atomic E-state index is 0.117. The van der Waals surface area contributed by atoms with E-state index in [1.807, 2.05) is 18.5 Å². The van der Waals surface area contributed by atoms with Gasteiger partial charge in [0.2, 0.25) is 5.91 Å². The van der Waals surface area contributed by atoms with Gasteiger partial charge in [-0.15, -0.1) is 0 Å². The van der Waals surface area contributed by atoms with Crippen molar-refractivity contribution in [2.24, 2.45) is 0 Å². The van der Waals surface area contributed by atoms with Gasteiger partial charge >= 0.3 is 0 Å². The minimum atomic E-state index is -0.740. The van der Waals surface area contributed by atoms with Crippen LogP contribution in [0.5, 0.6) is 0 Å². The fourth-order valence-corrected chi connectivity index (χ4v) is 4.50. The van der Waals surface area contributed by atoms with Crippen molar-refractivity contribution < 1.29 is 9.90 Å². The highest BCUT2D eigenvalue weighted by atomic mass is 16.3. The number of carbonyl (C=O) groups is 1. The van der Waals surface area contributed by atoms with Crippen LogP contribution in [0.3, 0.4) is 0 Å². The highest BCUT2D eigenvalue weighted by molar-refractivity contribution is 6.09. The number of fused-ring (bicyclic) bond motifs is 3. The molecule has 152 valence electrons. The Morgan fingerprint density at radius 1 is 1.21 bits per heavy atom. The van der Waals surface area contributed by atoms with Gasteiger partial charge in [0.05, 0.1) is 23.9 Å². The molecule has 0 radical (unpaired) electrons. The second-order valence-electron chi connectivity index (χ2n) is 8.42. The highest BCUT2D eigenvalue weighted by Crippen LogP contribution is 2.31. The average Bonchev–Trinajstić information content (AvgIpc) is 3.34. The van der Waals surface area contributed by atoms with Crippen molar-refractivity contribution in [2.75, 3.05) is 50.7 Å². The molecule has 0 aromatic carbocycles. The summed E-state index contributed by atoms with van der Waals surface area (Å²) in [5, 5.41) is 12.3. The number of anilines is 1. The molecule has 0 spiro atoms. The Morgan fingerprint density at radius 3 is 2.79 bits per heavy atom.